The van der Waals surface area contributed by atoms with Crippen molar-refractivity contribution < 1.29 is 9.57 Å². The van der Waals surface area contributed by atoms with Gasteiger partial charge in [0, 0.05) is 29.2 Å². The van der Waals surface area contributed by atoms with E-state index in [-0.39, 0.29) is 0 Å². The van der Waals surface area contributed by atoms with Gasteiger partial charge in [0.2, 0.25) is 0 Å². The maximum Gasteiger partial charge on any atom is 0.120 e. The van der Waals surface area contributed by atoms with Crippen molar-refractivity contribution in [1.29, 1.82) is 0 Å². The Labute approximate surface area is 129 Å². The normalized spacial score (nSPS) is 14.7. The lowest BCUT2D eigenvalue weighted by Gasteiger charge is -2.15. The van der Waals surface area contributed by atoms with Gasteiger partial charge in [0.15, 0.2) is 0 Å². The van der Waals surface area contributed by atoms with Crippen LogP contribution in [0.4, 0.5) is 5.69 Å². The average Bonchev–Trinajstić information content (AvgIpc) is 3.23. The summed E-state index contributed by atoms with van der Waals surface area (Å²) < 4.78 is 5.27. The predicted octanol–water partition coefficient (Wildman–Crippen LogP) is 3.99. The number of benzene rings is 2. The molecule has 2 aromatic carbocycles. The lowest BCUT2D eigenvalue weighted by Crippen LogP contribution is -2.15. The molecule has 0 bridgehead atoms. The van der Waals surface area contributed by atoms with Gasteiger partial charge < -0.3 is 9.72 Å². The largest absolute Gasteiger partial charge is 0.497 e. The third kappa shape index (κ3) is 2.31. The van der Waals surface area contributed by atoms with Gasteiger partial charge in [0.25, 0.3) is 0 Å². The lowest BCUT2D eigenvalue weighted by molar-refractivity contribution is 0.168. The van der Waals surface area contributed by atoms with Crippen LogP contribution in [0.5, 0.6) is 5.75 Å². The van der Waals surface area contributed by atoms with Crippen molar-refractivity contribution in [1.82, 2.24) is 4.98 Å². The highest BCUT2D eigenvalue weighted by molar-refractivity contribution is 5.87. The maximum atomic E-state index is 5.57. The minimum Gasteiger partial charge on any atom is -0.497 e. The Kier molecular flexibility index (Phi) is 3.24. The van der Waals surface area contributed by atoms with Gasteiger partial charge in [-0.1, -0.05) is 12.1 Å². The monoisotopic (exact) mass is 294 g/mol. The van der Waals surface area contributed by atoms with Crippen molar-refractivity contribution >= 4 is 16.6 Å². The molecule has 1 aliphatic heterocycles. The molecular formula is C18H18N2O2. The summed E-state index contributed by atoms with van der Waals surface area (Å²) >= 11 is 0. The molecule has 4 heteroatoms. The molecule has 0 spiro atoms. The molecule has 1 N–H and O–H groups in total. The van der Waals surface area contributed by atoms with Crippen LogP contribution in [0.1, 0.15) is 6.42 Å². The van der Waals surface area contributed by atoms with Crippen LogP contribution in [0.2, 0.25) is 0 Å². The van der Waals surface area contributed by atoms with E-state index in [0.29, 0.717) is 0 Å². The van der Waals surface area contributed by atoms with Crippen LogP contribution in [0, 0.1) is 0 Å². The van der Waals surface area contributed by atoms with E-state index in [9.17, 15) is 0 Å². The number of rotatable bonds is 3. The molecule has 2 heterocycles. The smallest absolute Gasteiger partial charge is 0.120 e. The highest BCUT2D eigenvalue weighted by atomic mass is 16.7. The van der Waals surface area contributed by atoms with Crippen LogP contribution >= 0.6 is 0 Å². The minimum atomic E-state index is 0.811. The van der Waals surface area contributed by atoms with E-state index >= 15 is 0 Å². The van der Waals surface area contributed by atoms with Gasteiger partial charge in [-0.3, -0.25) is 9.90 Å². The number of H-pyrrole nitrogens is 1. The van der Waals surface area contributed by atoms with Crippen LogP contribution in [0.25, 0.3) is 22.2 Å². The first kappa shape index (κ1) is 13.2. The molecule has 0 radical (unpaired) electrons. The van der Waals surface area contributed by atoms with Crippen LogP contribution in [-0.2, 0) is 4.84 Å². The molecule has 1 aliphatic rings. The number of nitrogens with zero attached hydrogens (tertiary/aromatic N) is 1. The zero-order chi connectivity index (χ0) is 14.9. The van der Waals surface area contributed by atoms with Gasteiger partial charge in [-0.2, -0.15) is 0 Å². The summed E-state index contributed by atoms with van der Waals surface area (Å²) in [5.74, 6) is 0.863. The van der Waals surface area contributed by atoms with E-state index in [2.05, 4.69) is 41.4 Å². The molecule has 112 valence electrons. The number of hydroxylamine groups is 1. The third-order valence-corrected chi connectivity index (χ3v) is 4.05. The molecule has 0 atom stereocenters. The summed E-state index contributed by atoms with van der Waals surface area (Å²) in [6.45, 7) is 1.77. The van der Waals surface area contributed by atoms with E-state index in [4.69, 9.17) is 9.57 Å². The van der Waals surface area contributed by atoms with Crippen molar-refractivity contribution in [2.24, 2.45) is 0 Å². The second kappa shape index (κ2) is 5.39. The van der Waals surface area contributed by atoms with Crippen molar-refractivity contribution in [3.63, 3.8) is 0 Å². The number of hydrogen-bond acceptors (Lipinski definition) is 3. The van der Waals surface area contributed by atoms with Crippen LogP contribution in [0.3, 0.4) is 0 Å². The fourth-order valence-electron chi connectivity index (χ4n) is 2.85. The topological polar surface area (TPSA) is 37.5 Å². The zero-order valence-electron chi connectivity index (χ0n) is 12.5. The molecule has 0 aliphatic carbocycles. The highest BCUT2D eigenvalue weighted by Gasteiger charge is 2.13. The van der Waals surface area contributed by atoms with Gasteiger partial charge in [0.1, 0.15) is 5.75 Å². The number of anilines is 1. The van der Waals surface area contributed by atoms with Crippen molar-refractivity contribution in [3.8, 4) is 17.0 Å². The summed E-state index contributed by atoms with van der Waals surface area (Å²) in [4.78, 5) is 9.02. The van der Waals surface area contributed by atoms with Gasteiger partial charge in [-0.25, -0.2) is 0 Å². The Balaban J connectivity index is 1.66. The zero-order valence-corrected chi connectivity index (χ0v) is 12.5. The minimum absolute atomic E-state index is 0.811. The van der Waals surface area contributed by atoms with Gasteiger partial charge in [-0.15, -0.1) is 0 Å². The van der Waals surface area contributed by atoms with Crippen LogP contribution < -0.4 is 9.80 Å². The van der Waals surface area contributed by atoms with Gasteiger partial charge >= 0.3 is 0 Å². The summed E-state index contributed by atoms with van der Waals surface area (Å²) in [6.07, 6.45) is 1.09. The summed E-state index contributed by atoms with van der Waals surface area (Å²) in [6, 6.07) is 16.7. The molecule has 22 heavy (non-hydrogen) atoms. The Morgan fingerprint density at radius 2 is 1.95 bits per heavy atom. The quantitative estimate of drug-likeness (QED) is 0.793. The van der Waals surface area contributed by atoms with E-state index in [1.54, 1.807) is 7.11 Å². The van der Waals surface area contributed by atoms with E-state index in [0.717, 1.165) is 47.8 Å². The van der Waals surface area contributed by atoms with Crippen molar-refractivity contribution in [2.75, 3.05) is 25.3 Å². The highest BCUT2D eigenvalue weighted by Crippen LogP contribution is 2.28. The van der Waals surface area contributed by atoms with Crippen molar-refractivity contribution in [2.45, 2.75) is 6.42 Å². The van der Waals surface area contributed by atoms with E-state index in [1.165, 1.54) is 5.39 Å². The predicted molar refractivity (Wildman–Crippen MR) is 88.2 cm³/mol. The standard InChI is InChI=1S/C18H18N2O2/c1-21-16-8-5-14-11-17(19-18(14)12-16)13-3-6-15(7-4-13)20-9-2-10-22-20/h3-8,11-12,19H,2,9-10H2,1H3. The molecule has 0 saturated carbocycles. The number of aromatic nitrogens is 1. The molecule has 1 aromatic heterocycles. The number of fused-ring (bicyclic) bond motifs is 1. The van der Waals surface area contributed by atoms with Crippen molar-refractivity contribution in [3.05, 3.63) is 48.5 Å². The summed E-state index contributed by atoms with van der Waals surface area (Å²) in [5.41, 5.74) is 4.47. The number of nitrogens with one attached hydrogen (secondary N) is 1. The fraction of sp³-hybridized carbons (Fsp3) is 0.222. The van der Waals surface area contributed by atoms with Crippen LogP contribution in [-0.4, -0.2) is 25.2 Å². The van der Waals surface area contributed by atoms with Crippen LogP contribution in [0.15, 0.2) is 48.5 Å². The molecule has 4 nitrogen and oxygen atoms in total. The Bertz CT molecular complexity index is 786. The lowest BCUT2D eigenvalue weighted by atomic mass is 10.1. The summed E-state index contributed by atoms with van der Waals surface area (Å²) in [5, 5.41) is 3.14. The average molecular weight is 294 g/mol. The second-order valence-corrected chi connectivity index (χ2v) is 5.47. The fourth-order valence-corrected chi connectivity index (χ4v) is 2.85. The molecule has 0 unspecified atom stereocenters. The molecule has 1 saturated heterocycles. The Morgan fingerprint density at radius 3 is 2.68 bits per heavy atom. The van der Waals surface area contributed by atoms with Gasteiger partial charge in [-0.05, 0) is 42.3 Å². The first-order valence-electron chi connectivity index (χ1n) is 7.51. The summed E-state index contributed by atoms with van der Waals surface area (Å²) in [7, 11) is 1.68. The molecular weight excluding hydrogens is 276 g/mol. The van der Waals surface area contributed by atoms with Gasteiger partial charge in [0.05, 0.1) is 19.4 Å². The second-order valence-electron chi connectivity index (χ2n) is 5.47. The molecule has 3 aromatic rings. The number of ether oxygens (including phenoxy) is 1. The maximum absolute atomic E-state index is 5.57. The molecule has 1 fully saturated rings. The molecule has 0 amide bonds. The first-order valence-corrected chi connectivity index (χ1v) is 7.51. The SMILES string of the molecule is COc1ccc2cc(-c3ccc(N4CCCO4)cc3)[nH]c2c1. The Hall–Kier alpha value is -2.46. The first-order chi connectivity index (χ1) is 10.8. The van der Waals surface area contributed by atoms with E-state index < -0.39 is 0 Å². The number of aromatic amines is 1. The van der Waals surface area contributed by atoms with E-state index in [1.807, 2.05) is 17.2 Å². The number of methoxy groups -OCH3 is 1. The third-order valence-electron chi connectivity index (χ3n) is 4.05. The molecule has 4 rings (SSSR count). The Morgan fingerprint density at radius 1 is 1.09 bits per heavy atom. The number of hydrogen-bond donors (Lipinski definition) is 1.